The number of halogens is 2. The van der Waals surface area contributed by atoms with E-state index in [1.165, 1.54) is 25.8 Å². The monoisotopic (exact) mass is 251 g/mol. The van der Waals surface area contributed by atoms with Crippen molar-refractivity contribution < 1.29 is 0 Å². The van der Waals surface area contributed by atoms with Crippen molar-refractivity contribution in [2.75, 3.05) is 18.4 Å². The molecule has 0 N–H and O–H groups in total. The normalized spacial score (nSPS) is 26.7. The van der Waals surface area contributed by atoms with Gasteiger partial charge in [0.05, 0.1) is 0 Å². The number of hydrogen-bond donors (Lipinski definition) is 0. The molecule has 0 bridgehead atoms. The lowest BCUT2D eigenvalue weighted by atomic mass is 10.0. The molecule has 1 nitrogen and oxygen atoms in total. The highest BCUT2D eigenvalue weighted by Gasteiger charge is 2.19. The highest BCUT2D eigenvalue weighted by atomic mass is 79.9. The summed E-state index contributed by atoms with van der Waals surface area (Å²) in [7, 11) is 0. The molecule has 0 saturated carbocycles. The van der Waals surface area contributed by atoms with Gasteiger partial charge in [-0.2, -0.15) is 0 Å². The van der Waals surface area contributed by atoms with Crippen molar-refractivity contribution in [2.45, 2.75) is 25.3 Å². The average molecular weight is 253 g/mol. The van der Waals surface area contributed by atoms with Gasteiger partial charge in [-0.05, 0) is 19.4 Å². The van der Waals surface area contributed by atoms with E-state index in [2.05, 4.69) is 20.8 Å². The Morgan fingerprint density at radius 2 is 2.33 bits per heavy atom. The minimum atomic E-state index is 0.714. The standard InChI is InChI=1S/C9H15BrClN/c10-8-9-4-1-2-6-12(9)7-3-5-11/h3,5,9H,1-2,4,6-8H2/b5-3+. The van der Waals surface area contributed by atoms with Gasteiger partial charge in [0.25, 0.3) is 0 Å². The van der Waals surface area contributed by atoms with Crippen molar-refractivity contribution in [1.82, 2.24) is 4.90 Å². The zero-order valence-electron chi connectivity index (χ0n) is 7.18. The Hall–Kier alpha value is 0.470. The molecule has 0 aromatic rings. The van der Waals surface area contributed by atoms with Crippen LogP contribution in [0.1, 0.15) is 19.3 Å². The molecule has 1 fully saturated rings. The summed E-state index contributed by atoms with van der Waals surface area (Å²) in [4.78, 5) is 2.48. The maximum Gasteiger partial charge on any atom is 0.0196 e. The van der Waals surface area contributed by atoms with Crippen LogP contribution in [0.5, 0.6) is 0 Å². The third-order valence-electron chi connectivity index (χ3n) is 2.36. The van der Waals surface area contributed by atoms with Crippen LogP contribution in [0.2, 0.25) is 0 Å². The number of nitrogens with zero attached hydrogens (tertiary/aromatic N) is 1. The fourth-order valence-corrected chi connectivity index (χ4v) is 2.46. The highest BCUT2D eigenvalue weighted by Crippen LogP contribution is 2.18. The van der Waals surface area contributed by atoms with Crippen LogP contribution in [0.4, 0.5) is 0 Å². The first-order chi connectivity index (χ1) is 5.88. The third-order valence-corrected chi connectivity index (χ3v) is 3.28. The van der Waals surface area contributed by atoms with E-state index in [1.54, 1.807) is 5.54 Å². The van der Waals surface area contributed by atoms with Gasteiger partial charge in [-0.25, -0.2) is 0 Å². The molecule has 1 atom stereocenters. The quantitative estimate of drug-likeness (QED) is 0.698. The van der Waals surface area contributed by atoms with E-state index in [4.69, 9.17) is 11.6 Å². The summed E-state index contributed by atoms with van der Waals surface area (Å²) in [6, 6.07) is 0.714. The second-order valence-corrected chi connectivity index (χ2v) is 4.06. The van der Waals surface area contributed by atoms with Crippen LogP contribution in [-0.2, 0) is 0 Å². The van der Waals surface area contributed by atoms with E-state index >= 15 is 0 Å². The van der Waals surface area contributed by atoms with E-state index in [0.717, 1.165) is 11.9 Å². The van der Waals surface area contributed by atoms with Gasteiger partial charge in [-0.1, -0.05) is 40.0 Å². The first-order valence-electron chi connectivity index (χ1n) is 4.43. The lowest BCUT2D eigenvalue weighted by molar-refractivity contribution is 0.183. The van der Waals surface area contributed by atoms with Crippen LogP contribution < -0.4 is 0 Å². The summed E-state index contributed by atoms with van der Waals surface area (Å²) in [5, 5.41) is 1.09. The van der Waals surface area contributed by atoms with Crippen LogP contribution in [0.25, 0.3) is 0 Å². The molecule has 0 radical (unpaired) electrons. The summed E-state index contributed by atoms with van der Waals surface area (Å²) in [6.45, 7) is 2.22. The van der Waals surface area contributed by atoms with Gasteiger partial charge in [0.15, 0.2) is 0 Å². The van der Waals surface area contributed by atoms with Crippen molar-refractivity contribution in [3.05, 3.63) is 11.6 Å². The van der Waals surface area contributed by atoms with Gasteiger partial charge >= 0.3 is 0 Å². The van der Waals surface area contributed by atoms with Gasteiger partial charge in [-0.15, -0.1) is 0 Å². The molecule has 1 aliphatic heterocycles. The number of hydrogen-bond acceptors (Lipinski definition) is 1. The molecule has 12 heavy (non-hydrogen) atoms. The molecule has 1 unspecified atom stereocenters. The molecule has 1 rings (SSSR count). The zero-order valence-corrected chi connectivity index (χ0v) is 9.52. The molecule has 0 aliphatic carbocycles. The van der Waals surface area contributed by atoms with Crippen molar-refractivity contribution in [2.24, 2.45) is 0 Å². The lowest BCUT2D eigenvalue weighted by Gasteiger charge is -2.33. The van der Waals surface area contributed by atoms with E-state index in [1.807, 2.05) is 6.08 Å². The molecule has 0 spiro atoms. The molecule has 0 aromatic carbocycles. The fourth-order valence-electron chi connectivity index (χ4n) is 1.65. The van der Waals surface area contributed by atoms with Crippen LogP contribution in [0, 0.1) is 0 Å². The molecular weight excluding hydrogens is 237 g/mol. The number of rotatable bonds is 3. The predicted octanol–water partition coefficient (Wildman–Crippen LogP) is 2.99. The first kappa shape index (κ1) is 10.6. The largest absolute Gasteiger partial charge is 0.296 e. The Bertz CT molecular complexity index is 149. The van der Waals surface area contributed by atoms with Crippen LogP contribution in [0.3, 0.4) is 0 Å². The number of alkyl halides is 1. The molecular formula is C9H15BrClN. The fraction of sp³-hybridized carbons (Fsp3) is 0.778. The predicted molar refractivity (Wildman–Crippen MR) is 58.0 cm³/mol. The maximum absolute atomic E-state index is 5.49. The minimum Gasteiger partial charge on any atom is -0.296 e. The van der Waals surface area contributed by atoms with Crippen molar-refractivity contribution >= 4 is 27.5 Å². The Labute approximate surface area is 87.9 Å². The third kappa shape index (κ3) is 3.08. The summed E-state index contributed by atoms with van der Waals surface area (Å²) < 4.78 is 0. The lowest BCUT2D eigenvalue weighted by Crippen LogP contribution is -2.40. The number of piperidine rings is 1. The summed E-state index contributed by atoms with van der Waals surface area (Å²) >= 11 is 9.04. The minimum absolute atomic E-state index is 0.714. The second kappa shape index (κ2) is 6.01. The van der Waals surface area contributed by atoms with Crippen molar-refractivity contribution in [3.8, 4) is 0 Å². The van der Waals surface area contributed by atoms with E-state index in [0.29, 0.717) is 6.04 Å². The van der Waals surface area contributed by atoms with Gasteiger partial charge in [0.1, 0.15) is 0 Å². The average Bonchev–Trinajstić information content (AvgIpc) is 2.15. The molecule has 0 aromatic heterocycles. The molecule has 3 heteroatoms. The van der Waals surface area contributed by atoms with Crippen LogP contribution >= 0.6 is 27.5 Å². The summed E-state index contributed by atoms with van der Waals surface area (Å²) in [5.41, 5.74) is 1.61. The molecule has 70 valence electrons. The Kier molecular flexibility index (Phi) is 5.28. The zero-order chi connectivity index (χ0) is 8.81. The number of likely N-dealkylation sites (tertiary alicyclic amines) is 1. The molecule has 0 amide bonds. The van der Waals surface area contributed by atoms with Crippen molar-refractivity contribution in [1.29, 1.82) is 0 Å². The van der Waals surface area contributed by atoms with Crippen molar-refractivity contribution in [3.63, 3.8) is 0 Å². The molecule has 1 heterocycles. The summed E-state index contributed by atoms with van der Waals surface area (Å²) in [5.74, 6) is 0. The smallest absolute Gasteiger partial charge is 0.0196 e. The Balaban J connectivity index is 2.36. The Morgan fingerprint density at radius 3 is 3.00 bits per heavy atom. The Morgan fingerprint density at radius 1 is 1.50 bits per heavy atom. The van der Waals surface area contributed by atoms with E-state index in [-0.39, 0.29) is 0 Å². The van der Waals surface area contributed by atoms with Crippen LogP contribution in [0.15, 0.2) is 11.6 Å². The van der Waals surface area contributed by atoms with E-state index < -0.39 is 0 Å². The maximum atomic E-state index is 5.49. The summed E-state index contributed by atoms with van der Waals surface area (Å²) in [6.07, 6.45) is 6.04. The van der Waals surface area contributed by atoms with Gasteiger partial charge < -0.3 is 0 Å². The topological polar surface area (TPSA) is 3.24 Å². The van der Waals surface area contributed by atoms with Gasteiger partial charge in [0.2, 0.25) is 0 Å². The van der Waals surface area contributed by atoms with E-state index in [9.17, 15) is 0 Å². The highest BCUT2D eigenvalue weighted by molar-refractivity contribution is 9.09. The first-order valence-corrected chi connectivity index (χ1v) is 5.99. The van der Waals surface area contributed by atoms with Crippen LogP contribution in [-0.4, -0.2) is 29.4 Å². The SMILES string of the molecule is Cl/C=C/CN1CCCCC1CBr. The molecule has 1 aliphatic rings. The second-order valence-electron chi connectivity index (χ2n) is 3.16. The van der Waals surface area contributed by atoms with Gasteiger partial charge in [-0.3, -0.25) is 4.90 Å². The van der Waals surface area contributed by atoms with Gasteiger partial charge in [0, 0.05) is 23.5 Å². The molecule has 1 saturated heterocycles.